The summed E-state index contributed by atoms with van der Waals surface area (Å²) in [5.41, 5.74) is 6.29. The van der Waals surface area contributed by atoms with Crippen LogP contribution in [0, 0.1) is 12.8 Å². The number of hydrogen-bond acceptors (Lipinski definition) is 9. The van der Waals surface area contributed by atoms with Crippen molar-refractivity contribution in [1.82, 2.24) is 10.8 Å². The third kappa shape index (κ3) is 10.8. The first-order valence-electron chi connectivity index (χ1n) is 16.2. The van der Waals surface area contributed by atoms with Crippen molar-refractivity contribution < 1.29 is 38.4 Å². The SMILES string of the molecule is Cc1cccc(OCc2ccccc2)c1.O=C(N[C@@H](Cc1ccccc1)[C@H](O)CNOC1CCOCC1)OC1CO[C@H]2OCC[C@@H]12. The molecule has 0 aromatic heterocycles. The maximum absolute atomic E-state index is 12.6. The Morgan fingerprint density at radius 2 is 1.65 bits per heavy atom. The number of ether oxygens (including phenoxy) is 5. The van der Waals surface area contributed by atoms with Gasteiger partial charge in [0.1, 0.15) is 18.5 Å². The fourth-order valence-electron chi connectivity index (χ4n) is 5.66. The number of nitrogens with one attached hydrogen (secondary N) is 2. The predicted octanol–water partition coefficient (Wildman–Crippen LogP) is 4.72. The van der Waals surface area contributed by atoms with E-state index in [0.717, 1.165) is 30.6 Å². The molecule has 3 N–H and O–H groups in total. The van der Waals surface area contributed by atoms with E-state index in [9.17, 15) is 9.90 Å². The van der Waals surface area contributed by atoms with Crippen LogP contribution in [0.25, 0.3) is 0 Å². The van der Waals surface area contributed by atoms with Crippen molar-refractivity contribution in [3.63, 3.8) is 0 Å². The molecule has 5 atom stereocenters. The number of benzene rings is 3. The van der Waals surface area contributed by atoms with Crippen LogP contribution in [-0.2, 0) is 36.8 Å². The third-order valence-electron chi connectivity index (χ3n) is 8.26. The smallest absolute Gasteiger partial charge is 0.407 e. The normalized spacial score (nSPS) is 22.2. The minimum absolute atomic E-state index is 0.0652. The summed E-state index contributed by atoms with van der Waals surface area (Å²) in [6.07, 6.45) is 0.926. The van der Waals surface area contributed by atoms with E-state index in [-0.39, 0.29) is 31.0 Å². The predicted molar refractivity (Wildman–Crippen MR) is 172 cm³/mol. The van der Waals surface area contributed by atoms with Gasteiger partial charge < -0.3 is 34.1 Å². The maximum atomic E-state index is 12.6. The summed E-state index contributed by atoms with van der Waals surface area (Å²) in [5.74, 6) is 0.997. The molecule has 46 heavy (non-hydrogen) atoms. The van der Waals surface area contributed by atoms with Gasteiger partial charge in [-0.3, -0.25) is 4.84 Å². The molecule has 1 amide bonds. The van der Waals surface area contributed by atoms with E-state index >= 15 is 0 Å². The molecule has 0 radical (unpaired) electrons. The Labute approximate surface area is 271 Å². The molecule has 0 bridgehead atoms. The summed E-state index contributed by atoms with van der Waals surface area (Å²) >= 11 is 0. The van der Waals surface area contributed by atoms with Gasteiger partial charge in [0.25, 0.3) is 0 Å². The summed E-state index contributed by atoms with van der Waals surface area (Å²) in [5, 5.41) is 13.6. The Kier molecular flexibility index (Phi) is 13.2. The van der Waals surface area contributed by atoms with Crippen LogP contribution in [0.3, 0.4) is 0 Å². The molecule has 3 fully saturated rings. The zero-order chi connectivity index (χ0) is 32.0. The van der Waals surface area contributed by atoms with Gasteiger partial charge in [0.15, 0.2) is 6.29 Å². The molecule has 10 nitrogen and oxygen atoms in total. The quantitative estimate of drug-likeness (QED) is 0.244. The summed E-state index contributed by atoms with van der Waals surface area (Å²) in [4.78, 5) is 18.3. The van der Waals surface area contributed by atoms with Crippen molar-refractivity contribution in [3.8, 4) is 5.75 Å². The van der Waals surface area contributed by atoms with Crippen LogP contribution in [0.4, 0.5) is 4.79 Å². The molecule has 3 saturated heterocycles. The van der Waals surface area contributed by atoms with Gasteiger partial charge in [0.05, 0.1) is 37.4 Å². The molecule has 1 unspecified atom stereocenters. The van der Waals surface area contributed by atoms with E-state index in [1.807, 2.05) is 66.7 Å². The van der Waals surface area contributed by atoms with Gasteiger partial charge >= 0.3 is 6.09 Å². The molecule has 6 rings (SSSR count). The fraction of sp³-hybridized carbons (Fsp3) is 0.472. The van der Waals surface area contributed by atoms with Crippen LogP contribution in [0.15, 0.2) is 84.9 Å². The number of aryl methyl sites for hydroxylation is 1. The van der Waals surface area contributed by atoms with E-state index in [0.29, 0.717) is 39.5 Å². The topological polar surface area (TPSA) is 117 Å². The molecule has 3 heterocycles. The van der Waals surface area contributed by atoms with E-state index in [1.165, 1.54) is 11.1 Å². The summed E-state index contributed by atoms with van der Waals surface area (Å²) < 4.78 is 27.6. The summed E-state index contributed by atoms with van der Waals surface area (Å²) in [6.45, 7) is 5.17. The number of amides is 1. The van der Waals surface area contributed by atoms with Crippen molar-refractivity contribution in [2.24, 2.45) is 5.92 Å². The third-order valence-corrected chi connectivity index (χ3v) is 8.26. The van der Waals surface area contributed by atoms with Crippen molar-refractivity contribution in [2.75, 3.05) is 33.0 Å². The number of hydroxylamine groups is 1. The highest BCUT2D eigenvalue weighted by Crippen LogP contribution is 2.33. The molecule has 10 heteroatoms. The minimum atomic E-state index is -0.866. The Morgan fingerprint density at radius 1 is 0.913 bits per heavy atom. The highest BCUT2D eigenvalue weighted by atomic mass is 16.7. The second-order valence-electron chi connectivity index (χ2n) is 11.8. The molecule has 3 aliphatic rings. The first-order valence-corrected chi connectivity index (χ1v) is 16.2. The summed E-state index contributed by atoms with van der Waals surface area (Å²) in [7, 11) is 0. The maximum Gasteiger partial charge on any atom is 0.407 e. The van der Waals surface area contributed by atoms with E-state index in [4.69, 9.17) is 28.5 Å². The van der Waals surface area contributed by atoms with Crippen LogP contribution in [-0.4, -0.2) is 74.8 Å². The lowest BCUT2D eigenvalue weighted by molar-refractivity contribution is -0.0907. The number of aliphatic hydroxyl groups excluding tert-OH is 1. The molecule has 3 aromatic carbocycles. The average Bonchev–Trinajstić information content (AvgIpc) is 3.71. The molecular formula is C36H46N2O8. The molecule has 248 valence electrons. The number of rotatable bonds is 12. The first kappa shape index (κ1) is 33.8. The van der Waals surface area contributed by atoms with Crippen molar-refractivity contribution in [1.29, 1.82) is 0 Å². The second-order valence-corrected chi connectivity index (χ2v) is 11.8. The number of carbonyl (C=O) groups is 1. The van der Waals surface area contributed by atoms with Gasteiger partial charge in [-0.25, -0.2) is 4.79 Å². The van der Waals surface area contributed by atoms with E-state index in [1.54, 1.807) is 0 Å². The Balaban J connectivity index is 0.000000232. The lowest BCUT2D eigenvalue weighted by atomic mass is 10.0. The molecule has 0 aliphatic carbocycles. The van der Waals surface area contributed by atoms with Gasteiger partial charge in [-0.1, -0.05) is 72.8 Å². The number of fused-ring (bicyclic) bond motifs is 1. The van der Waals surface area contributed by atoms with Gasteiger partial charge in [-0.05, 0) is 61.4 Å². The fourth-order valence-corrected chi connectivity index (χ4v) is 5.66. The number of carbonyl (C=O) groups excluding carboxylic acids is 1. The van der Waals surface area contributed by atoms with Crippen LogP contribution in [0.2, 0.25) is 0 Å². The molecular weight excluding hydrogens is 588 g/mol. The number of hydrogen-bond donors (Lipinski definition) is 3. The van der Waals surface area contributed by atoms with Gasteiger partial charge in [0, 0.05) is 19.8 Å². The molecule has 0 spiro atoms. The molecule has 3 aromatic rings. The Morgan fingerprint density at radius 3 is 2.39 bits per heavy atom. The zero-order valence-electron chi connectivity index (χ0n) is 26.4. The van der Waals surface area contributed by atoms with Crippen molar-refractivity contribution in [3.05, 3.63) is 102 Å². The van der Waals surface area contributed by atoms with Crippen LogP contribution in [0.5, 0.6) is 5.75 Å². The Hall–Kier alpha value is -3.51. The minimum Gasteiger partial charge on any atom is -0.489 e. The Bertz CT molecular complexity index is 1310. The van der Waals surface area contributed by atoms with Gasteiger partial charge in [0.2, 0.25) is 0 Å². The van der Waals surface area contributed by atoms with Crippen LogP contribution in [0.1, 0.15) is 36.0 Å². The van der Waals surface area contributed by atoms with E-state index in [2.05, 4.69) is 35.9 Å². The number of aliphatic hydroxyl groups is 1. The molecule has 0 saturated carbocycles. The van der Waals surface area contributed by atoms with Gasteiger partial charge in [-0.2, -0.15) is 5.48 Å². The van der Waals surface area contributed by atoms with E-state index < -0.39 is 18.2 Å². The van der Waals surface area contributed by atoms with Crippen LogP contribution < -0.4 is 15.5 Å². The monoisotopic (exact) mass is 634 g/mol. The van der Waals surface area contributed by atoms with Crippen LogP contribution >= 0.6 is 0 Å². The average molecular weight is 635 g/mol. The van der Waals surface area contributed by atoms with Crippen molar-refractivity contribution >= 4 is 6.09 Å². The highest BCUT2D eigenvalue weighted by Gasteiger charge is 2.44. The number of alkyl carbamates (subject to hydrolysis) is 1. The largest absolute Gasteiger partial charge is 0.489 e. The van der Waals surface area contributed by atoms with Gasteiger partial charge in [-0.15, -0.1) is 0 Å². The second kappa shape index (κ2) is 18.0. The molecule has 3 aliphatic heterocycles. The first-order chi connectivity index (χ1) is 22.5. The summed E-state index contributed by atoms with van der Waals surface area (Å²) in [6, 6.07) is 27.5. The highest BCUT2D eigenvalue weighted by molar-refractivity contribution is 5.68. The lowest BCUT2D eigenvalue weighted by Gasteiger charge is -2.27. The standard InChI is InChI=1S/C22H32N2O7.C14H14O/c25-19(13-23-31-16-6-9-27-10-7-16)18(12-15-4-2-1-3-5-15)24-22(26)30-20-14-29-21-17(20)8-11-28-21;1-12-6-5-9-14(10-12)15-11-13-7-3-2-4-8-13/h1-5,16-21,23,25H,6-14H2,(H,24,26);2-10H,11H2,1H3/t17-,18-,19+,20?,21+;/m0./s1. The van der Waals surface area contributed by atoms with Crippen molar-refractivity contribution in [2.45, 2.75) is 69.9 Å². The lowest BCUT2D eigenvalue weighted by Crippen LogP contribution is -2.50. The zero-order valence-corrected chi connectivity index (χ0v) is 26.4.